The van der Waals surface area contributed by atoms with E-state index in [4.69, 9.17) is 4.74 Å². The maximum Gasteiger partial charge on any atom is 0.255 e. The van der Waals surface area contributed by atoms with Gasteiger partial charge in [0.05, 0.1) is 24.6 Å². The quantitative estimate of drug-likeness (QED) is 0.639. The number of nitrogens with one attached hydrogen (secondary N) is 1. The van der Waals surface area contributed by atoms with Crippen LogP contribution in [0.25, 0.3) is 0 Å². The lowest BCUT2D eigenvalue weighted by Gasteiger charge is -2.22. The molecule has 1 heterocycles. The highest BCUT2D eigenvalue weighted by atomic mass is 16.5. The lowest BCUT2D eigenvalue weighted by Crippen LogP contribution is -2.31. The molecule has 29 heavy (non-hydrogen) atoms. The minimum atomic E-state index is -0.302. The van der Waals surface area contributed by atoms with Crippen molar-refractivity contribution in [3.8, 4) is 5.75 Å². The summed E-state index contributed by atoms with van der Waals surface area (Å²) in [6.07, 6.45) is 4.57. The third kappa shape index (κ3) is 3.42. The van der Waals surface area contributed by atoms with E-state index in [-0.39, 0.29) is 35.5 Å². The molecule has 6 heteroatoms. The number of allylic oxidation sites excluding steroid dienone is 2. The fourth-order valence-electron chi connectivity index (χ4n) is 4.07. The van der Waals surface area contributed by atoms with Gasteiger partial charge in [-0.15, -0.1) is 0 Å². The third-order valence-electron chi connectivity index (χ3n) is 5.59. The Kier molecular flexibility index (Phi) is 4.92. The van der Waals surface area contributed by atoms with Crippen LogP contribution in [0.3, 0.4) is 0 Å². The van der Waals surface area contributed by atoms with Gasteiger partial charge in [0.1, 0.15) is 5.75 Å². The average molecular weight is 390 g/mol. The molecule has 2 aromatic carbocycles. The number of carbonyl (C=O) groups is 3. The van der Waals surface area contributed by atoms with Crippen molar-refractivity contribution in [2.24, 2.45) is 17.8 Å². The van der Waals surface area contributed by atoms with Gasteiger partial charge < -0.3 is 10.1 Å². The molecule has 1 fully saturated rings. The van der Waals surface area contributed by atoms with Crippen LogP contribution in [0, 0.1) is 17.8 Å². The largest absolute Gasteiger partial charge is 0.497 e. The summed E-state index contributed by atoms with van der Waals surface area (Å²) in [6.45, 7) is 1.97. The molecule has 0 unspecified atom stereocenters. The smallest absolute Gasteiger partial charge is 0.255 e. The summed E-state index contributed by atoms with van der Waals surface area (Å²) in [6, 6.07) is 13.6. The van der Waals surface area contributed by atoms with Gasteiger partial charge in [0, 0.05) is 17.3 Å². The number of ether oxygens (including phenoxy) is 1. The third-order valence-corrected chi connectivity index (χ3v) is 5.59. The minimum absolute atomic E-state index is 0.0446. The zero-order chi connectivity index (χ0) is 20.5. The van der Waals surface area contributed by atoms with Crippen molar-refractivity contribution in [2.75, 3.05) is 17.3 Å². The molecule has 0 bridgehead atoms. The summed E-state index contributed by atoms with van der Waals surface area (Å²) in [5, 5.41) is 2.81. The second-order valence-electron chi connectivity index (χ2n) is 7.40. The van der Waals surface area contributed by atoms with E-state index in [0.29, 0.717) is 29.1 Å². The first-order valence-corrected chi connectivity index (χ1v) is 9.59. The predicted molar refractivity (Wildman–Crippen MR) is 110 cm³/mol. The second kappa shape index (κ2) is 7.54. The monoisotopic (exact) mass is 390 g/mol. The van der Waals surface area contributed by atoms with Crippen molar-refractivity contribution in [3.05, 3.63) is 66.2 Å². The van der Waals surface area contributed by atoms with E-state index in [1.807, 2.05) is 19.1 Å². The maximum absolute atomic E-state index is 12.9. The maximum atomic E-state index is 12.9. The van der Waals surface area contributed by atoms with Crippen LogP contribution < -0.4 is 15.0 Å². The van der Waals surface area contributed by atoms with Gasteiger partial charge in [0.2, 0.25) is 11.8 Å². The lowest BCUT2D eigenvalue weighted by atomic mass is 9.78. The lowest BCUT2D eigenvalue weighted by molar-refractivity contribution is -0.122. The molecule has 4 rings (SSSR count). The van der Waals surface area contributed by atoms with Crippen molar-refractivity contribution in [1.29, 1.82) is 0 Å². The molecule has 0 saturated carbocycles. The van der Waals surface area contributed by atoms with Crippen LogP contribution in [0.15, 0.2) is 60.7 Å². The molecule has 0 spiro atoms. The summed E-state index contributed by atoms with van der Waals surface area (Å²) in [5.74, 6) is -0.509. The number of rotatable bonds is 4. The van der Waals surface area contributed by atoms with Crippen LogP contribution >= 0.6 is 0 Å². The van der Waals surface area contributed by atoms with Gasteiger partial charge in [0.25, 0.3) is 5.91 Å². The SMILES string of the molecule is COc1cccc(NC(=O)c2ccc(N3C(=O)[C@@H]4[C@H](C)C=CC[C@@H]4C3=O)cc2)c1. The number of nitrogens with zero attached hydrogens (tertiary/aromatic N) is 1. The van der Waals surface area contributed by atoms with Crippen LogP contribution in [-0.4, -0.2) is 24.8 Å². The van der Waals surface area contributed by atoms with Crippen LogP contribution in [0.1, 0.15) is 23.7 Å². The van der Waals surface area contributed by atoms with Gasteiger partial charge in [-0.2, -0.15) is 0 Å². The number of imide groups is 1. The van der Waals surface area contributed by atoms with Crippen molar-refractivity contribution in [1.82, 2.24) is 0 Å². The fourth-order valence-corrected chi connectivity index (χ4v) is 4.07. The topological polar surface area (TPSA) is 75.7 Å². The number of amides is 3. The molecular formula is C23H22N2O4. The Balaban J connectivity index is 1.51. The van der Waals surface area contributed by atoms with Crippen LogP contribution in [-0.2, 0) is 9.59 Å². The summed E-state index contributed by atoms with van der Waals surface area (Å²) in [7, 11) is 1.56. The number of benzene rings is 2. The predicted octanol–water partition coefficient (Wildman–Crippen LogP) is 3.65. The van der Waals surface area contributed by atoms with Crippen molar-refractivity contribution in [2.45, 2.75) is 13.3 Å². The molecule has 2 aliphatic rings. The number of methoxy groups -OCH3 is 1. The van der Waals surface area contributed by atoms with Crippen molar-refractivity contribution in [3.63, 3.8) is 0 Å². The van der Waals surface area contributed by atoms with Gasteiger partial charge in [-0.3, -0.25) is 19.3 Å². The number of anilines is 2. The Labute approximate surface area is 169 Å². The highest BCUT2D eigenvalue weighted by Crippen LogP contribution is 2.40. The first-order chi connectivity index (χ1) is 14.0. The van der Waals surface area contributed by atoms with Gasteiger partial charge in [-0.25, -0.2) is 0 Å². The molecule has 1 aliphatic heterocycles. The number of fused-ring (bicyclic) bond motifs is 1. The van der Waals surface area contributed by atoms with Crippen molar-refractivity contribution < 1.29 is 19.1 Å². The van der Waals surface area contributed by atoms with E-state index in [1.165, 1.54) is 4.90 Å². The Bertz CT molecular complexity index is 996. The molecule has 148 valence electrons. The molecule has 0 radical (unpaired) electrons. The van der Waals surface area contributed by atoms with E-state index in [1.54, 1.807) is 55.6 Å². The summed E-state index contributed by atoms with van der Waals surface area (Å²) >= 11 is 0. The highest BCUT2D eigenvalue weighted by molar-refractivity contribution is 6.22. The number of hydrogen-bond acceptors (Lipinski definition) is 4. The summed E-state index contributed by atoms with van der Waals surface area (Å²) in [5.41, 5.74) is 1.55. The zero-order valence-corrected chi connectivity index (χ0v) is 16.3. The van der Waals surface area contributed by atoms with Crippen LogP contribution in [0.5, 0.6) is 5.75 Å². The second-order valence-corrected chi connectivity index (χ2v) is 7.40. The van der Waals surface area contributed by atoms with E-state index in [2.05, 4.69) is 5.32 Å². The molecule has 3 atom stereocenters. The van der Waals surface area contributed by atoms with Gasteiger partial charge in [-0.05, 0) is 48.7 Å². The summed E-state index contributed by atoms with van der Waals surface area (Å²) < 4.78 is 5.16. The fraction of sp³-hybridized carbons (Fsp3) is 0.261. The molecule has 3 amide bonds. The first kappa shape index (κ1) is 18.9. The zero-order valence-electron chi connectivity index (χ0n) is 16.3. The van der Waals surface area contributed by atoms with E-state index in [9.17, 15) is 14.4 Å². The molecule has 2 aromatic rings. The van der Waals surface area contributed by atoms with Crippen LogP contribution in [0.2, 0.25) is 0 Å². The van der Waals surface area contributed by atoms with E-state index >= 15 is 0 Å². The minimum Gasteiger partial charge on any atom is -0.497 e. The Morgan fingerprint density at radius 2 is 1.86 bits per heavy atom. The Morgan fingerprint density at radius 1 is 1.10 bits per heavy atom. The molecule has 1 N–H and O–H groups in total. The highest BCUT2D eigenvalue weighted by Gasteiger charge is 2.50. The molecule has 1 aliphatic carbocycles. The van der Waals surface area contributed by atoms with E-state index < -0.39 is 0 Å². The summed E-state index contributed by atoms with van der Waals surface area (Å²) in [4.78, 5) is 39.4. The standard InChI is InChI=1S/C23H22N2O4/c1-14-5-3-8-19-20(14)23(28)25(22(19)27)17-11-9-15(10-12-17)21(26)24-16-6-4-7-18(13-16)29-2/h3-7,9-14,19-20H,8H2,1-2H3,(H,24,26)/t14-,19+,20-/m1/s1. The van der Waals surface area contributed by atoms with Crippen molar-refractivity contribution >= 4 is 29.1 Å². The molecule has 0 aromatic heterocycles. The van der Waals surface area contributed by atoms with Gasteiger partial charge >= 0.3 is 0 Å². The van der Waals surface area contributed by atoms with Gasteiger partial charge in [0.15, 0.2) is 0 Å². The Morgan fingerprint density at radius 3 is 2.55 bits per heavy atom. The van der Waals surface area contributed by atoms with Crippen LogP contribution in [0.4, 0.5) is 11.4 Å². The average Bonchev–Trinajstić information content (AvgIpc) is 2.99. The Hall–Kier alpha value is -3.41. The van der Waals surface area contributed by atoms with Gasteiger partial charge in [-0.1, -0.05) is 25.1 Å². The van der Waals surface area contributed by atoms with E-state index in [0.717, 1.165) is 0 Å². The molecular weight excluding hydrogens is 368 g/mol. The number of carbonyl (C=O) groups excluding carboxylic acids is 3. The number of hydrogen-bond donors (Lipinski definition) is 1. The normalized spacial score (nSPS) is 23.1. The molecule has 6 nitrogen and oxygen atoms in total. The molecule has 1 saturated heterocycles. The first-order valence-electron chi connectivity index (χ1n) is 9.59.